The monoisotopic (exact) mass is 454 g/mol. The van der Waals surface area contributed by atoms with Crippen LogP contribution < -0.4 is 10.2 Å². The summed E-state index contributed by atoms with van der Waals surface area (Å²) in [7, 11) is 0. The van der Waals surface area contributed by atoms with Crippen LogP contribution in [0.25, 0.3) is 0 Å². The van der Waals surface area contributed by atoms with E-state index in [-0.39, 0.29) is 16.1 Å². The van der Waals surface area contributed by atoms with Crippen LogP contribution in [0, 0.1) is 17.6 Å². The minimum atomic E-state index is -0.929. The van der Waals surface area contributed by atoms with E-state index in [0.29, 0.717) is 37.9 Å². The number of nitrogens with one attached hydrogen (secondary N) is 1. The van der Waals surface area contributed by atoms with Gasteiger partial charge in [0, 0.05) is 36.0 Å². The normalized spacial score (nSPS) is 14.6. The lowest BCUT2D eigenvalue weighted by Gasteiger charge is -2.30. The van der Waals surface area contributed by atoms with Crippen LogP contribution in [0.1, 0.15) is 12.8 Å². The first-order valence-corrected chi connectivity index (χ1v) is 9.36. The van der Waals surface area contributed by atoms with Crippen LogP contribution in [0.15, 0.2) is 35.1 Å². The summed E-state index contributed by atoms with van der Waals surface area (Å²) in [5, 5.41) is 2.26. The average molecular weight is 455 g/mol. The molecule has 0 aliphatic carbocycles. The molecule has 7 nitrogen and oxygen atoms in total. The number of halogens is 3. The van der Waals surface area contributed by atoms with Gasteiger partial charge in [-0.25, -0.2) is 18.7 Å². The zero-order valence-corrected chi connectivity index (χ0v) is 16.3. The summed E-state index contributed by atoms with van der Waals surface area (Å²) in [4.78, 5) is 34.5. The molecule has 10 heteroatoms. The molecule has 0 bridgehead atoms. The molecular weight excluding hydrogens is 438 g/mol. The average Bonchev–Trinajstić information content (AvgIpc) is 2.69. The lowest BCUT2D eigenvalue weighted by Crippen LogP contribution is -2.38. The molecule has 1 aromatic heterocycles. The highest BCUT2D eigenvalue weighted by atomic mass is 79.9. The number of carbonyl (C=O) groups is 2. The van der Waals surface area contributed by atoms with Gasteiger partial charge in [-0.15, -0.1) is 0 Å². The van der Waals surface area contributed by atoms with Gasteiger partial charge in [0.15, 0.2) is 12.4 Å². The fourth-order valence-corrected chi connectivity index (χ4v) is 3.37. The van der Waals surface area contributed by atoms with Crippen LogP contribution in [0.4, 0.5) is 20.4 Å². The number of nitrogens with zero attached hydrogens (tertiary/aromatic N) is 3. The van der Waals surface area contributed by atoms with Crippen molar-refractivity contribution < 1.29 is 23.1 Å². The Balaban J connectivity index is 1.46. The van der Waals surface area contributed by atoms with Crippen molar-refractivity contribution in [2.45, 2.75) is 12.8 Å². The van der Waals surface area contributed by atoms with Crippen molar-refractivity contribution in [2.75, 3.05) is 29.9 Å². The maximum absolute atomic E-state index is 13.7. The Labute approximate surface area is 168 Å². The molecule has 2 heterocycles. The number of piperidine rings is 1. The Morgan fingerprint density at radius 2 is 1.89 bits per heavy atom. The van der Waals surface area contributed by atoms with E-state index in [1.807, 2.05) is 4.90 Å². The molecule has 2 aromatic rings. The highest BCUT2D eigenvalue weighted by Crippen LogP contribution is 2.27. The van der Waals surface area contributed by atoms with Gasteiger partial charge in [-0.1, -0.05) is 0 Å². The van der Waals surface area contributed by atoms with Gasteiger partial charge in [-0.2, -0.15) is 0 Å². The Hall–Kier alpha value is -2.62. The molecule has 1 fully saturated rings. The van der Waals surface area contributed by atoms with Crippen LogP contribution in [0.3, 0.4) is 0 Å². The summed E-state index contributed by atoms with van der Waals surface area (Å²) < 4.78 is 31.9. The quantitative estimate of drug-likeness (QED) is 0.699. The smallest absolute Gasteiger partial charge is 0.309 e. The van der Waals surface area contributed by atoms with Gasteiger partial charge in [0.1, 0.15) is 5.82 Å². The molecule has 1 saturated heterocycles. The number of carbonyl (C=O) groups excluding carboxylic acids is 2. The molecule has 0 saturated carbocycles. The molecule has 0 unspecified atom stereocenters. The van der Waals surface area contributed by atoms with Gasteiger partial charge in [-0.3, -0.25) is 9.59 Å². The predicted octanol–water partition coefficient (Wildman–Crippen LogP) is 2.92. The Bertz CT molecular complexity index is 838. The number of rotatable bonds is 5. The standard InChI is InChI=1S/C18H17BrF2N4O3/c19-13-8-12(20)9-14(21)16(13)24-15(26)10-28-17(27)11-2-6-25(7-3-11)18-22-4-1-5-23-18/h1,4-5,8-9,11H,2-3,6-7,10H2,(H,24,26). The van der Waals surface area contributed by atoms with Crippen LogP contribution >= 0.6 is 15.9 Å². The summed E-state index contributed by atoms with van der Waals surface area (Å²) in [5.74, 6) is -2.62. The van der Waals surface area contributed by atoms with E-state index in [0.717, 1.165) is 6.07 Å². The molecule has 1 N–H and O–H groups in total. The third kappa shape index (κ3) is 5.00. The minimum Gasteiger partial charge on any atom is -0.455 e. The number of hydrogen-bond acceptors (Lipinski definition) is 6. The second kappa shape index (κ2) is 9.05. The zero-order chi connectivity index (χ0) is 20.1. The van der Waals surface area contributed by atoms with Gasteiger partial charge >= 0.3 is 5.97 Å². The molecule has 0 atom stereocenters. The third-order valence-corrected chi connectivity index (χ3v) is 4.91. The first-order valence-electron chi connectivity index (χ1n) is 8.57. The Kier molecular flexibility index (Phi) is 6.50. The number of ether oxygens (including phenoxy) is 1. The number of amides is 1. The summed E-state index contributed by atoms with van der Waals surface area (Å²) in [5.41, 5.74) is -0.210. The first-order chi connectivity index (χ1) is 13.4. The predicted molar refractivity (Wildman–Crippen MR) is 101 cm³/mol. The van der Waals surface area contributed by atoms with E-state index in [1.54, 1.807) is 18.5 Å². The first kappa shape index (κ1) is 20.1. The largest absolute Gasteiger partial charge is 0.455 e. The van der Waals surface area contributed by atoms with Crippen LogP contribution in [-0.2, 0) is 14.3 Å². The SMILES string of the molecule is O=C(COC(=O)C1CCN(c2ncccn2)CC1)Nc1c(F)cc(F)cc1Br. The maximum Gasteiger partial charge on any atom is 0.309 e. The summed E-state index contributed by atoms with van der Waals surface area (Å²) >= 11 is 2.98. The summed E-state index contributed by atoms with van der Waals surface area (Å²) in [6.07, 6.45) is 4.42. The number of aromatic nitrogens is 2. The van der Waals surface area contributed by atoms with Crippen molar-refractivity contribution in [3.8, 4) is 0 Å². The minimum absolute atomic E-state index is 0.0557. The van der Waals surface area contributed by atoms with Crippen molar-refractivity contribution in [3.63, 3.8) is 0 Å². The van der Waals surface area contributed by atoms with Gasteiger partial charge in [0.25, 0.3) is 5.91 Å². The molecule has 0 radical (unpaired) electrons. The van der Waals surface area contributed by atoms with E-state index in [9.17, 15) is 18.4 Å². The topological polar surface area (TPSA) is 84.4 Å². The molecule has 1 aromatic carbocycles. The van der Waals surface area contributed by atoms with Gasteiger partial charge in [-0.05, 0) is 40.9 Å². The molecule has 28 heavy (non-hydrogen) atoms. The number of esters is 1. The second-order valence-corrected chi connectivity index (χ2v) is 7.06. The summed E-state index contributed by atoms with van der Waals surface area (Å²) in [6, 6.07) is 3.40. The highest BCUT2D eigenvalue weighted by molar-refractivity contribution is 9.10. The molecular formula is C18H17BrF2N4O3. The van der Waals surface area contributed by atoms with E-state index < -0.39 is 30.1 Å². The third-order valence-electron chi connectivity index (χ3n) is 4.28. The van der Waals surface area contributed by atoms with E-state index in [2.05, 4.69) is 31.2 Å². The van der Waals surface area contributed by atoms with E-state index >= 15 is 0 Å². The van der Waals surface area contributed by atoms with Crippen LogP contribution in [0.2, 0.25) is 0 Å². The summed E-state index contributed by atoms with van der Waals surface area (Å²) in [6.45, 7) is 0.650. The molecule has 1 aliphatic rings. The number of benzene rings is 1. The lowest BCUT2D eigenvalue weighted by molar-refractivity contribution is -0.152. The number of anilines is 2. The molecule has 1 aliphatic heterocycles. The Morgan fingerprint density at radius 3 is 2.54 bits per heavy atom. The molecule has 3 rings (SSSR count). The lowest BCUT2D eigenvalue weighted by atomic mass is 9.97. The number of hydrogen-bond donors (Lipinski definition) is 1. The van der Waals surface area contributed by atoms with Crippen molar-refractivity contribution in [3.05, 3.63) is 46.7 Å². The van der Waals surface area contributed by atoms with Gasteiger partial charge in [0.2, 0.25) is 5.95 Å². The van der Waals surface area contributed by atoms with E-state index in [4.69, 9.17) is 4.74 Å². The van der Waals surface area contributed by atoms with Crippen molar-refractivity contribution in [1.82, 2.24) is 9.97 Å². The van der Waals surface area contributed by atoms with E-state index in [1.165, 1.54) is 0 Å². The van der Waals surface area contributed by atoms with Crippen molar-refractivity contribution in [1.29, 1.82) is 0 Å². The fourth-order valence-electron chi connectivity index (χ4n) is 2.86. The van der Waals surface area contributed by atoms with Gasteiger partial charge in [0.05, 0.1) is 11.6 Å². The molecule has 1 amide bonds. The molecule has 0 spiro atoms. The van der Waals surface area contributed by atoms with Gasteiger partial charge < -0.3 is 15.0 Å². The fraction of sp³-hybridized carbons (Fsp3) is 0.333. The van der Waals surface area contributed by atoms with Crippen molar-refractivity contribution in [2.24, 2.45) is 5.92 Å². The maximum atomic E-state index is 13.7. The van der Waals surface area contributed by atoms with Crippen LogP contribution in [0.5, 0.6) is 0 Å². The second-order valence-electron chi connectivity index (χ2n) is 6.21. The Morgan fingerprint density at radius 1 is 1.21 bits per heavy atom. The van der Waals surface area contributed by atoms with Crippen LogP contribution in [-0.4, -0.2) is 41.5 Å². The highest BCUT2D eigenvalue weighted by Gasteiger charge is 2.27. The zero-order valence-electron chi connectivity index (χ0n) is 14.7. The molecule has 148 valence electrons. The van der Waals surface area contributed by atoms with Crippen molar-refractivity contribution >= 4 is 39.4 Å².